The van der Waals surface area contributed by atoms with Gasteiger partial charge in [0, 0.05) is 18.5 Å². The molecule has 1 saturated carbocycles. The fraction of sp³-hybridized carbons (Fsp3) is 0.625. The molecule has 3 N–H and O–H groups in total. The Morgan fingerprint density at radius 1 is 1.16 bits per heavy atom. The van der Waals surface area contributed by atoms with Crippen molar-refractivity contribution in [1.29, 1.82) is 0 Å². The number of amides is 2. The van der Waals surface area contributed by atoms with Crippen molar-refractivity contribution >= 4 is 22.7 Å². The highest BCUT2D eigenvalue weighted by molar-refractivity contribution is 6.06. The third kappa shape index (κ3) is 5.85. The summed E-state index contributed by atoms with van der Waals surface area (Å²) in [6.45, 7) is 6.53. The molecule has 1 aromatic heterocycles. The van der Waals surface area contributed by atoms with Gasteiger partial charge in [0.1, 0.15) is 6.04 Å². The predicted molar refractivity (Wildman–Crippen MR) is 122 cm³/mol. The van der Waals surface area contributed by atoms with E-state index in [0.29, 0.717) is 11.6 Å². The molecule has 1 fully saturated rings. The van der Waals surface area contributed by atoms with Gasteiger partial charge in [-0.15, -0.1) is 0 Å². The highest BCUT2D eigenvalue weighted by atomic mass is 16.3. The van der Waals surface area contributed by atoms with E-state index in [1.54, 1.807) is 0 Å². The lowest BCUT2D eigenvalue weighted by atomic mass is 9.86. The van der Waals surface area contributed by atoms with E-state index < -0.39 is 11.5 Å². The number of carbonyl (C=O) groups excluding carboxylic acids is 2. The number of aromatic nitrogens is 2. The summed E-state index contributed by atoms with van der Waals surface area (Å²) >= 11 is 0. The normalized spacial score (nSPS) is 16.6. The highest BCUT2D eigenvalue weighted by Crippen LogP contribution is 2.27. The van der Waals surface area contributed by atoms with Crippen molar-refractivity contribution in [3.8, 4) is 0 Å². The molecule has 1 aliphatic carbocycles. The molecule has 3 rings (SSSR count). The first-order valence-corrected chi connectivity index (χ1v) is 11.5. The Labute approximate surface area is 184 Å². The average molecular weight is 429 g/mol. The first-order chi connectivity index (χ1) is 14.8. The number of fused-ring (bicyclic) bond motifs is 1. The molecule has 1 atom stereocenters. The first-order valence-electron chi connectivity index (χ1n) is 11.5. The highest BCUT2D eigenvalue weighted by Gasteiger charge is 2.34. The van der Waals surface area contributed by atoms with Gasteiger partial charge >= 0.3 is 0 Å². The van der Waals surface area contributed by atoms with Crippen LogP contribution in [-0.2, 0) is 11.3 Å². The Bertz CT molecular complexity index is 892. The fourth-order valence-corrected chi connectivity index (χ4v) is 4.38. The Morgan fingerprint density at radius 2 is 1.84 bits per heavy atom. The summed E-state index contributed by atoms with van der Waals surface area (Å²) in [5.74, 6) is -0.0831. The largest absolute Gasteiger partial charge is 0.395 e. The van der Waals surface area contributed by atoms with Crippen LogP contribution in [0.15, 0.2) is 24.3 Å². The number of benzene rings is 1. The van der Waals surface area contributed by atoms with E-state index in [9.17, 15) is 9.59 Å². The molecular weight excluding hydrogens is 392 g/mol. The average Bonchev–Trinajstić information content (AvgIpc) is 2.90. The van der Waals surface area contributed by atoms with Crippen LogP contribution in [0.1, 0.15) is 69.8 Å². The Morgan fingerprint density at radius 3 is 2.48 bits per heavy atom. The van der Waals surface area contributed by atoms with Crippen LogP contribution in [0.5, 0.6) is 0 Å². The third-order valence-electron chi connectivity index (χ3n) is 6.09. The summed E-state index contributed by atoms with van der Waals surface area (Å²) in [6.07, 6.45) is 7.52. The number of aliphatic hydroxyl groups excluding tert-OH is 1. The van der Waals surface area contributed by atoms with Gasteiger partial charge in [0.05, 0.1) is 12.1 Å². The monoisotopic (exact) mass is 428 g/mol. The van der Waals surface area contributed by atoms with E-state index in [4.69, 9.17) is 10.2 Å². The zero-order valence-electron chi connectivity index (χ0n) is 19.0. The molecule has 31 heavy (non-hydrogen) atoms. The Balaban J connectivity index is 1.85. The summed E-state index contributed by atoms with van der Waals surface area (Å²) in [5.41, 5.74) is 0.816. The predicted octanol–water partition coefficient (Wildman–Crippen LogP) is 3.26. The second-order valence-electron chi connectivity index (χ2n) is 9.69. The molecular formula is C24H36N4O3. The molecule has 0 radical (unpaired) electrons. The molecule has 1 heterocycles. The summed E-state index contributed by atoms with van der Waals surface area (Å²) in [6, 6.07) is 7.06. The zero-order valence-corrected chi connectivity index (χ0v) is 19.0. The minimum Gasteiger partial charge on any atom is -0.395 e. The smallest absolute Gasteiger partial charge is 0.273 e. The zero-order chi connectivity index (χ0) is 22.4. The van der Waals surface area contributed by atoms with Crippen molar-refractivity contribution in [1.82, 2.24) is 20.4 Å². The maximum Gasteiger partial charge on any atom is 0.273 e. The molecule has 0 unspecified atom stereocenters. The van der Waals surface area contributed by atoms with Crippen molar-refractivity contribution in [2.45, 2.75) is 71.9 Å². The number of rotatable bonds is 7. The molecule has 7 heteroatoms. The van der Waals surface area contributed by atoms with Crippen molar-refractivity contribution in [3.05, 3.63) is 30.0 Å². The minimum atomic E-state index is -0.739. The lowest BCUT2D eigenvalue weighted by molar-refractivity contribution is -0.125. The molecule has 2 aromatic rings. The third-order valence-corrected chi connectivity index (χ3v) is 6.09. The van der Waals surface area contributed by atoms with Crippen LogP contribution < -0.4 is 10.6 Å². The van der Waals surface area contributed by atoms with Crippen molar-refractivity contribution in [2.75, 3.05) is 13.2 Å². The molecule has 170 valence electrons. The van der Waals surface area contributed by atoms with Crippen molar-refractivity contribution < 1.29 is 14.7 Å². The van der Waals surface area contributed by atoms with Gasteiger partial charge in [0.2, 0.25) is 5.91 Å². The Kier molecular flexibility index (Phi) is 7.70. The topological polar surface area (TPSA) is 96.2 Å². The molecule has 1 aliphatic rings. The fourth-order valence-electron chi connectivity index (χ4n) is 4.38. The van der Waals surface area contributed by atoms with Crippen LogP contribution in [0, 0.1) is 11.3 Å². The lowest BCUT2D eigenvalue weighted by Crippen LogP contribution is -2.54. The van der Waals surface area contributed by atoms with Gasteiger partial charge in [-0.3, -0.25) is 14.3 Å². The number of nitrogens with zero attached hydrogens (tertiary/aromatic N) is 2. The van der Waals surface area contributed by atoms with Crippen molar-refractivity contribution in [3.63, 3.8) is 0 Å². The second kappa shape index (κ2) is 10.3. The maximum atomic E-state index is 13.2. The molecule has 0 aliphatic heterocycles. The number of nitrogens with one attached hydrogen (secondary N) is 2. The first kappa shape index (κ1) is 23.3. The Hall–Kier alpha value is -2.41. The summed E-state index contributed by atoms with van der Waals surface area (Å²) < 4.78 is 1.97. The molecule has 7 nitrogen and oxygen atoms in total. The molecule has 0 bridgehead atoms. The van der Waals surface area contributed by atoms with Crippen molar-refractivity contribution in [2.24, 2.45) is 11.3 Å². The maximum absolute atomic E-state index is 13.2. The van der Waals surface area contributed by atoms with Gasteiger partial charge in [-0.25, -0.2) is 0 Å². The molecule has 2 amide bonds. The van der Waals surface area contributed by atoms with E-state index in [1.807, 2.05) is 49.7 Å². The SMILES string of the molecule is CC(C)(C)[C@H](NC(=O)c1nn(CC2CCCCCC2)c2ccccc12)C(=O)NCCO. The molecule has 0 saturated heterocycles. The number of aliphatic hydroxyl groups is 1. The van der Waals surface area contributed by atoms with E-state index >= 15 is 0 Å². The van der Waals surface area contributed by atoms with Crippen LogP contribution in [0.2, 0.25) is 0 Å². The minimum absolute atomic E-state index is 0.146. The molecule has 1 aromatic carbocycles. The van der Waals surface area contributed by atoms with Gasteiger partial charge in [-0.2, -0.15) is 5.10 Å². The van der Waals surface area contributed by atoms with E-state index in [0.717, 1.165) is 17.4 Å². The van der Waals surface area contributed by atoms with Gasteiger partial charge in [0.15, 0.2) is 5.69 Å². The van der Waals surface area contributed by atoms with Gasteiger partial charge < -0.3 is 15.7 Å². The van der Waals surface area contributed by atoms with Crippen LogP contribution in [0.3, 0.4) is 0 Å². The van der Waals surface area contributed by atoms with Crippen LogP contribution in [-0.4, -0.2) is 45.9 Å². The summed E-state index contributed by atoms with van der Waals surface area (Å²) in [5, 5.41) is 20.1. The van der Waals surface area contributed by atoms with Gasteiger partial charge in [-0.05, 0) is 30.2 Å². The van der Waals surface area contributed by atoms with Gasteiger partial charge in [-0.1, -0.05) is 64.7 Å². The quantitative estimate of drug-likeness (QED) is 0.590. The number of carbonyl (C=O) groups is 2. The lowest BCUT2D eigenvalue weighted by Gasteiger charge is -2.30. The number of hydrogen-bond donors (Lipinski definition) is 3. The van der Waals surface area contributed by atoms with Crippen LogP contribution in [0.4, 0.5) is 0 Å². The number of para-hydroxylation sites is 1. The van der Waals surface area contributed by atoms with Crippen LogP contribution >= 0.6 is 0 Å². The van der Waals surface area contributed by atoms with E-state index in [-0.39, 0.29) is 25.0 Å². The van der Waals surface area contributed by atoms with Crippen LogP contribution in [0.25, 0.3) is 10.9 Å². The summed E-state index contributed by atoms with van der Waals surface area (Å²) in [4.78, 5) is 25.9. The number of hydrogen-bond acceptors (Lipinski definition) is 4. The second-order valence-corrected chi connectivity index (χ2v) is 9.69. The summed E-state index contributed by atoms with van der Waals surface area (Å²) in [7, 11) is 0. The van der Waals surface area contributed by atoms with E-state index in [1.165, 1.54) is 38.5 Å². The van der Waals surface area contributed by atoms with E-state index in [2.05, 4.69) is 10.6 Å². The standard InChI is InChI=1S/C24H36N4O3/c1-24(2,3)21(23(31)25-14-15-29)26-22(30)20-18-12-8-9-13-19(18)28(27-20)16-17-10-6-4-5-7-11-17/h8-9,12-13,17,21,29H,4-7,10-11,14-16H2,1-3H3,(H,25,31)(H,26,30)/t21-/m1/s1. The molecule has 0 spiro atoms. The van der Waals surface area contributed by atoms with Gasteiger partial charge in [0.25, 0.3) is 5.91 Å².